The predicted octanol–water partition coefficient (Wildman–Crippen LogP) is 4.05. The molecule has 2 bridgehead atoms. The number of esters is 1. The van der Waals surface area contributed by atoms with Crippen LogP contribution in [-0.2, 0) is 28.3 Å². The van der Waals surface area contributed by atoms with Crippen molar-refractivity contribution >= 4 is 39.1 Å². The van der Waals surface area contributed by atoms with Crippen LogP contribution in [0.15, 0.2) is 36.7 Å². The molecule has 3 N–H and O–H groups in total. The van der Waals surface area contributed by atoms with Gasteiger partial charge in [0.1, 0.15) is 18.0 Å². The summed E-state index contributed by atoms with van der Waals surface area (Å²) in [7, 11) is 14.5. The summed E-state index contributed by atoms with van der Waals surface area (Å²) in [4.78, 5) is 16.9. The molecule has 4 heterocycles. The lowest BCUT2D eigenvalue weighted by atomic mass is 9.63. The average Bonchev–Trinajstić information content (AvgIpc) is 3.47. The molecule has 43 heavy (non-hydrogen) atoms. The van der Waals surface area contributed by atoms with E-state index in [9.17, 15) is 9.18 Å². The van der Waals surface area contributed by atoms with Gasteiger partial charge >= 0.3 is 5.97 Å². The van der Waals surface area contributed by atoms with Crippen LogP contribution in [0.5, 0.6) is 5.75 Å². The number of carbonyl (C=O) groups is 1. The van der Waals surface area contributed by atoms with Gasteiger partial charge in [-0.25, -0.2) is 9.37 Å². The molecule has 5 rings (SSSR count). The summed E-state index contributed by atoms with van der Waals surface area (Å²) in [5.41, 5.74) is 10.4. The molecule has 14 heteroatoms. The van der Waals surface area contributed by atoms with Crippen molar-refractivity contribution in [1.29, 1.82) is 0 Å². The van der Waals surface area contributed by atoms with Gasteiger partial charge in [0, 0.05) is 53.7 Å². The minimum absolute atomic E-state index is 0.0926. The van der Waals surface area contributed by atoms with Crippen molar-refractivity contribution in [2.75, 3.05) is 12.0 Å². The van der Waals surface area contributed by atoms with Crippen molar-refractivity contribution < 1.29 is 18.7 Å². The molecule has 0 fully saturated rings. The zero-order valence-corrected chi connectivity index (χ0v) is 25.3. The van der Waals surface area contributed by atoms with Crippen molar-refractivity contribution in [3.63, 3.8) is 0 Å². The zero-order valence-electron chi connectivity index (χ0n) is 24.6. The molecule has 1 aliphatic rings. The van der Waals surface area contributed by atoms with E-state index in [1.54, 1.807) is 36.9 Å². The van der Waals surface area contributed by atoms with Crippen LogP contribution >= 0.6 is 11.6 Å². The number of rotatable bonds is 6. The molecular weight excluding hydrogens is 570 g/mol. The van der Waals surface area contributed by atoms with Crippen molar-refractivity contribution in [1.82, 2.24) is 24.5 Å². The summed E-state index contributed by atoms with van der Waals surface area (Å²) in [6, 6.07) is 5.44. The molecule has 4 radical (unpaired) electrons. The third kappa shape index (κ3) is 6.14. The van der Waals surface area contributed by atoms with Gasteiger partial charge in [0.2, 0.25) is 0 Å². The molecule has 10 nitrogen and oxygen atoms in total. The second-order valence-electron chi connectivity index (χ2n) is 11.2. The summed E-state index contributed by atoms with van der Waals surface area (Å²) in [5.74, 6) is -0.506. The van der Waals surface area contributed by atoms with Gasteiger partial charge in [0.15, 0.2) is 23.5 Å². The van der Waals surface area contributed by atoms with E-state index in [1.807, 2.05) is 27.1 Å². The summed E-state index contributed by atoms with van der Waals surface area (Å²) in [6.07, 6.45) is 3.13. The Hall–Kier alpha value is -3.83. The second kappa shape index (κ2) is 11.7. The predicted molar refractivity (Wildman–Crippen MR) is 163 cm³/mol. The molecule has 1 aliphatic heterocycles. The Morgan fingerprint density at radius 2 is 2.07 bits per heavy atom. The van der Waals surface area contributed by atoms with Gasteiger partial charge in [-0.05, 0) is 42.4 Å². The average molecular weight is 602 g/mol. The quantitative estimate of drug-likeness (QED) is 0.193. The van der Waals surface area contributed by atoms with E-state index in [0.29, 0.717) is 40.1 Å². The Morgan fingerprint density at radius 3 is 2.77 bits per heavy atom. The first-order valence-electron chi connectivity index (χ1n) is 13.8. The Bertz CT molecular complexity index is 1690. The Balaban J connectivity index is 1.67. The molecular formula is C29H31B2ClFN7O3. The monoisotopic (exact) mass is 601 g/mol. The summed E-state index contributed by atoms with van der Waals surface area (Å²) in [5, 5.41) is 11.0. The van der Waals surface area contributed by atoms with Crippen LogP contribution in [0, 0.1) is 11.7 Å². The number of halogens is 2. The lowest BCUT2D eigenvalue weighted by molar-refractivity contribution is -0.145. The molecule has 0 spiro atoms. The smallest absolute Gasteiger partial charge is 0.324 e. The highest BCUT2D eigenvalue weighted by Crippen LogP contribution is 2.41. The third-order valence-corrected chi connectivity index (χ3v) is 7.55. The van der Waals surface area contributed by atoms with E-state index >= 15 is 0 Å². The van der Waals surface area contributed by atoms with Crippen molar-refractivity contribution in [2.45, 2.75) is 51.6 Å². The number of hydrogen-bond acceptors (Lipinski definition) is 8. The fourth-order valence-electron chi connectivity index (χ4n) is 4.99. The van der Waals surface area contributed by atoms with Crippen LogP contribution in [0.4, 0.5) is 10.2 Å². The lowest BCUT2D eigenvalue weighted by Crippen LogP contribution is -2.37. The van der Waals surface area contributed by atoms with Crippen LogP contribution in [-0.4, -0.2) is 59.0 Å². The Labute approximate surface area is 256 Å². The number of fused-ring (bicyclic) bond motifs is 7. The van der Waals surface area contributed by atoms with E-state index in [4.69, 9.17) is 47.6 Å². The molecule has 220 valence electrons. The SMILES string of the molecule is [B]C([B])(C)n1nc(Cl)c2c1-c1cnc(NCOC(=O)C(N)C(C)C)c(c1)O[C@H](C)c1cc(F)ccc1-c1nn(C)cc1C2. The minimum Gasteiger partial charge on any atom is -0.482 e. The zero-order chi connectivity index (χ0) is 31.2. The number of nitrogens with two attached hydrogens (primary N) is 1. The van der Waals surface area contributed by atoms with Crippen molar-refractivity contribution in [3.05, 3.63) is 64.3 Å². The van der Waals surface area contributed by atoms with Crippen molar-refractivity contribution in [2.24, 2.45) is 18.7 Å². The fourth-order valence-corrected chi connectivity index (χ4v) is 5.22. The highest BCUT2D eigenvalue weighted by molar-refractivity contribution is 6.37. The van der Waals surface area contributed by atoms with Crippen LogP contribution < -0.4 is 15.8 Å². The van der Waals surface area contributed by atoms with Crippen LogP contribution in [0.1, 0.15) is 50.5 Å². The molecule has 1 unspecified atom stereocenters. The summed E-state index contributed by atoms with van der Waals surface area (Å²) >= 11 is 6.72. The van der Waals surface area contributed by atoms with Crippen molar-refractivity contribution in [3.8, 4) is 28.3 Å². The van der Waals surface area contributed by atoms with Crippen LogP contribution in [0.25, 0.3) is 22.5 Å². The van der Waals surface area contributed by atoms with E-state index in [-0.39, 0.29) is 29.4 Å². The third-order valence-electron chi connectivity index (χ3n) is 7.24. The number of aromatic nitrogens is 5. The van der Waals surface area contributed by atoms with Crippen LogP contribution in [0.3, 0.4) is 0 Å². The molecule has 3 aromatic heterocycles. The summed E-state index contributed by atoms with van der Waals surface area (Å²) in [6.45, 7) is 6.85. The molecule has 0 amide bonds. The normalized spacial score (nSPS) is 15.3. The molecule has 0 saturated heterocycles. The van der Waals surface area contributed by atoms with Gasteiger partial charge in [0.25, 0.3) is 0 Å². The van der Waals surface area contributed by atoms with Crippen LogP contribution in [0.2, 0.25) is 5.15 Å². The molecule has 4 aromatic rings. The van der Waals surface area contributed by atoms with E-state index < -0.39 is 29.3 Å². The highest BCUT2D eigenvalue weighted by atomic mass is 35.5. The maximum absolute atomic E-state index is 14.6. The van der Waals surface area contributed by atoms with E-state index in [1.165, 1.54) is 16.8 Å². The Morgan fingerprint density at radius 1 is 1.33 bits per heavy atom. The van der Waals surface area contributed by atoms with Gasteiger partial charge in [-0.3, -0.25) is 14.2 Å². The number of nitrogens with one attached hydrogen (secondary N) is 1. The van der Waals surface area contributed by atoms with Gasteiger partial charge < -0.3 is 20.5 Å². The molecule has 0 saturated carbocycles. The number of ether oxygens (including phenoxy) is 2. The topological polar surface area (TPSA) is 122 Å². The van der Waals surface area contributed by atoms with E-state index in [2.05, 4.69) is 15.4 Å². The number of aryl methyl sites for hydroxylation is 1. The Kier molecular flexibility index (Phi) is 8.32. The highest BCUT2D eigenvalue weighted by Gasteiger charge is 2.29. The molecule has 0 aliphatic carbocycles. The number of benzene rings is 1. The standard InChI is InChI=1S/C29H31B2ClFN7O3/c1-14(2)23(34)28(41)42-13-36-27-22-9-16(11-35-27)25-21(26(32)38-40(25)29(4,30)31)8-17-12-39(5)37-24(17)19-7-6-18(33)10-20(19)15(3)43-22/h6-7,9-12,14-15,23H,8,13,34H2,1-5H3,(H,35,36)/t15-,23?/m1/s1. The minimum atomic E-state index is -1.41. The first kappa shape index (κ1) is 30.6. The first-order valence-corrected chi connectivity index (χ1v) is 14.1. The summed E-state index contributed by atoms with van der Waals surface area (Å²) < 4.78 is 29.5. The fraction of sp³-hybridized carbons (Fsp3) is 0.379. The largest absolute Gasteiger partial charge is 0.482 e. The van der Waals surface area contributed by atoms with Gasteiger partial charge in [-0.15, -0.1) is 0 Å². The second-order valence-corrected chi connectivity index (χ2v) is 11.6. The maximum atomic E-state index is 14.6. The maximum Gasteiger partial charge on any atom is 0.324 e. The number of anilines is 1. The van der Waals surface area contributed by atoms with Gasteiger partial charge in [0.05, 0.1) is 27.1 Å². The van der Waals surface area contributed by atoms with Gasteiger partial charge in [-0.1, -0.05) is 32.4 Å². The number of nitrogens with zero attached hydrogens (tertiary/aromatic N) is 5. The molecule has 2 atom stereocenters. The van der Waals surface area contributed by atoms with Gasteiger partial charge in [-0.2, -0.15) is 10.2 Å². The number of pyridine rings is 1. The van der Waals surface area contributed by atoms with E-state index in [0.717, 1.165) is 5.56 Å². The lowest BCUT2D eigenvalue weighted by Gasteiger charge is -2.25. The first-order chi connectivity index (χ1) is 20.2. The number of hydrogen-bond donors (Lipinski definition) is 2. The number of carbonyl (C=O) groups excluding carboxylic acids is 1. The molecule has 1 aromatic carbocycles.